The van der Waals surface area contributed by atoms with E-state index in [1.807, 2.05) is 29.1 Å². The lowest BCUT2D eigenvalue weighted by atomic mass is 9.95. The molecule has 2 aromatic heterocycles. The number of piperidine rings is 1. The van der Waals surface area contributed by atoms with E-state index in [0.29, 0.717) is 18.5 Å². The van der Waals surface area contributed by atoms with Gasteiger partial charge >= 0.3 is 0 Å². The molecule has 5 rings (SSSR count). The molecule has 1 aromatic carbocycles. The van der Waals surface area contributed by atoms with Gasteiger partial charge in [0.25, 0.3) is 0 Å². The van der Waals surface area contributed by atoms with Crippen LogP contribution in [0, 0.1) is 0 Å². The van der Waals surface area contributed by atoms with Crippen LogP contribution in [0.1, 0.15) is 63.5 Å². The minimum Gasteiger partial charge on any atom is -0.497 e. The quantitative estimate of drug-likeness (QED) is 0.180. The highest BCUT2D eigenvalue weighted by Crippen LogP contribution is 2.27. The molecule has 11 nitrogen and oxygen atoms in total. The molecule has 11 heteroatoms. The molecule has 0 radical (unpaired) electrons. The average Bonchev–Trinajstić information content (AvgIpc) is 3.46. The Morgan fingerprint density at radius 3 is 2.67 bits per heavy atom. The molecule has 0 spiro atoms. The van der Waals surface area contributed by atoms with E-state index in [2.05, 4.69) is 36.9 Å². The van der Waals surface area contributed by atoms with Crippen molar-refractivity contribution in [1.29, 1.82) is 0 Å². The monoisotopic (exact) mass is 550 g/mol. The number of aryl methyl sites for hydroxylation is 1. The normalized spacial score (nSPS) is 16.8. The zero-order valence-electron chi connectivity index (χ0n) is 23.9. The molecule has 3 heterocycles. The zero-order valence-corrected chi connectivity index (χ0v) is 23.9. The Labute approximate surface area is 237 Å². The molecular weight excluding hydrogens is 504 g/mol. The van der Waals surface area contributed by atoms with Crippen LogP contribution in [0.3, 0.4) is 0 Å². The highest BCUT2D eigenvalue weighted by atomic mass is 16.5. The lowest BCUT2D eigenvalue weighted by Gasteiger charge is -2.25. The second kappa shape index (κ2) is 15.1. The van der Waals surface area contributed by atoms with Gasteiger partial charge in [0, 0.05) is 30.1 Å². The predicted octanol–water partition coefficient (Wildman–Crippen LogP) is 3.30. The van der Waals surface area contributed by atoms with Crippen molar-refractivity contribution in [1.82, 2.24) is 40.9 Å². The first-order valence-electron chi connectivity index (χ1n) is 15.2. The van der Waals surface area contributed by atoms with Crippen LogP contribution in [0.15, 0.2) is 24.4 Å². The third-order valence-corrected chi connectivity index (χ3v) is 7.91. The molecule has 0 amide bonds. The molecule has 3 aromatic rings. The molecule has 1 saturated heterocycles. The summed E-state index contributed by atoms with van der Waals surface area (Å²) in [5.74, 6) is 2.19. The summed E-state index contributed by atoms with van der Waals surface area (Å²) in [6.07, 6.45) is 13.2. The minimum absolute atomic E-state index is 0.391. The largest absolute Gasteiger partial charge is 0.497 e. The first kappa shape index (κ1) is 28.5. The number of benzene rings is 1. The van der Waals surface area contributed by atoms with Crippen LogP contribution in [0.25, 0.3) is 10.9 Å². The molecule has 2 fully saturated rings. The summed E-state index contributed by atoms with van der Waals surface area (Å²) < 4.78 is 7.35. The van der Waals surface area contributed by atoms with Crippen LogP contribution in [-0.4, -0.2) is 76.9 Å². The topological polar surface area (TPSA) is 126 Å². The first-order chi connectivity index (χ1) is 19.8. The van der Waals surface area contributed by atoms with E-state index >= 15 is 0 Å². The molecule has 1 saturated carbocycles. The first-order valence-corrected chi connectivity index (χ1v) is 15.2. The van der Waals surface area contributed by atoms with E-state index in [1.54, 1.807) is 7.11 Å². The summed E-state index contributed by atoms with van der Waals surface area (Å²) in [6.45, 7) is 6.54. The number of aromatic nitrogens is 5. The second-order valence-electron chi connectivity index (χ2n) is 11.0. The van der Waals surface area contributed by atoms with Crippen molar-refractivity contribution >= 4 is 22.7 Å². The van der Waals surface area contributed by atoms with E-state index in [0.717, 1.165) is 92.7 Å². The van der Waals surface area contributed by atoms with Crippen LogP contribution in [0.2, 0.25) is 0 Å². The van der Waals surface area contributed by atoms with Crippen LogP contribution in [0.5, 0.6) is 5.75 Å². The number of nitrogens with zero attached hydrogens (tertiary/aromatic N) is 5. The Morgan fingerprint density at radius 2 is 1.82 bits per heavy atom. The highest BCUT2D eigenvalue weighted by molar-refractivity contribution is 5.91. The van der Waals surface area contributed by atoms with Crippen LogP contribution in [-0.2, 0) is 13.1 Å². The fraction of sp³-hybridized carbons (Fsp3) is 0.655. The average molecular weight is 551 g/mol. The third kappa shape index (κ3) is 8.49. The molecule has 0 atom stereocenters. The molecule has 40 heavy (non-hydrogen) atoms. The number of anilines is 2. The highest BCUT2D eigenvalue weighted by Gasteiger charge is 2.17. The van der Waals surface area contributed by atoms with Crippen molar-refractivity contribution in [2.24, 2.45) is 0 Å². The predicted molar refractivity (Wildman–Crippen MR) is 160 cm³/mol. The van der Waals surface area contributed by atoms with Crippen molar-refractivity contribution < 1.29 is 4.74 Å². The summed E-state index contributed by atoms with van der Waals surface area (Å²) in [5.41, 5.74) is 1.71. The van der Waals surface area contributed by atoms with E-state index in [9.17, 15) is 0 Å². The molecule has 5 N–H and O–H groups in total. The fourth-order valence-corrected chi connectivity index (χ4v) is 5.60. The maximum Gasteiger partial charge on any atom is 0.225 e. The number of ether oxygens (including phenoxy) is 1. The summed E-state index contributed by atoms with van der Waals surface area (Å²) in [5, 5.41) is 27.3. The van der Waals surface area contributed by atoms with Gasteiger partial charge in [-0.25, -0.2) is 4.98 Å². The Morgan fingerprint density at radius 1 is 0.975 bits per heavy atom. The maximum absolute atomic E-state index is 5.43. The van der Waals surface area contributed by atoms with Gasteiger partial charge < -0.3 is 31.3 Å². The van der Waals surface area contributed by atoms with Crippen LogP contribution < -0.4 is 31.3 Å². The van der Waals surface area contributed by atoms with E-state index in [4.69, 9.17) is 14.7 Å². The van der Waals surface area contributed by atoms with Crippen molar-refractivity contribution in [3.05, 3.63) is 30.1 Å². The van der Waals surface area contributed by atoms with Gasteiger partial charge in [0.05, 0.1) is 25.4 Å². The van der Waals surface area contributed by atoms with E-state index < -0.39 is 0 Å². The molecule has 1 aliphatic carbocycles. The second-order valence-corrected chi connectivity index (χ2v) is 11.0. The maximum atomic E-state index is 5.43. The van der Waals surface area contributed by atoms with Gasteiger partial charge in [0.15, 0.2) is 0 Å². The fourth-order valence-electron chi connectivity index (χ4n) is 5.60. The number of rotatable bonds is 15. The Balaban J connectivity index is 1.06. The van der Waals surface area contributed by atoms with Crippen molar-refractivity contribution in [3.8, 4) is 5.75 Å². The van der Waals surface area contributed by atoms with Gasteiger partial charge in [-0.15, -0.1) is 5.10 Å². The Bertz CT molecular complexity index is 1170. The Hall–Kier alpha value is -3.02. The molecule has 1 aliphatic heterocycles. The minimum atomic E-state index is 0.391. The standard InChI is InChI=1S/C29H46N10O/c1-40-25-9-10-26-27(19-25)35-29(36-28(26)34-23-11-16-31-17-12-23)33-20-24-21-39(38-37-24)18-6-14-30-13-5-15-32-22-7-3-2-4-8-22/h9-10,19,21-23,30-32H,2-8,11-18,20H2,1H3,(H2,33,34,35,36). The number of hydrogen-bond donors (Lipinski definition) is 5. The lowest BCUT2D eigenvalue weighted by Crippen LogP contribution is -2.35. The number of fused-ring (bicyclic) bond motifs is 1. The van der Waals surface area contributed by atoms with E-state index in [-0.39, 0.29) is 0 Å². The molecule has 0 unspecified atom stereocenters. The van der Waals surface area contributed by atoms with Crippen LogP contribution in [0.4, 0.5) is 11.8 Å². The van der Waals surface area contributed by atoms with Gasteiger partial charge in [-0.2, -0.15) is 4.98 Å². The van der Waals surface area contributed by atoms with Crippen LogP contribution >= 0.6 is 0 Å². The van der Waals surface area contributed by atoms with Gasteiger partial charge in [-0.3, -0.25) is 4.68 Å². The van der Waals surface area contributed by atoms with Crippen molar-refractivity contribution in [2.45, 2.75) is 83.0 Å². The van der Waals surface area contributed by atoms with Gasteiger partial charge in [0.1, 0.15) is 17.3 Å². The lowest BCUT2D eigenvalue weighted by molar-refractivity contribution is 0.371. The summed E-state index contributed by atoms with van der Waals surface area (Å²) in [4.78, 5) is 9.58. The van der Waals surface area contributed by atoms with Gasteiger partial charge in [0.2, 0.25) is 5.95 Å². The third-order valence-electron chi connectivity index (χ3n) is 7.91. The SMILES string of the molecule is COc1ccc2c(NC3CCNCC3)nc(NCc3cn(CCCNCCCNC4CCCCC4)nn3)nc2c1. The van der Waals surface area contributed by atoms with E-state index in [1.165, 1.54) is 38.5 Å². The van der Waals surface area contributed by atoms with Gasteiger partial charge in [-0.1, -0.05) is 24.5 Å². The summed E-state index contributed by atoms with van der Waals surface area (Å²) in [7, 11) is 1.67. The molecule has 2 aliphatic rings. The molecule has 218 valence electrons. The summed E-state index contributed by atoms with van der Waals surface area (Å²) in [6, 6.07) is 7.07. The van der Waals surface area contributed by atoms with Crippen molar-refractivity contribution in [2.75, 3.05) is 50.5 Å². The molecule has 0 bridgehead atoms. The molecular formula is C29H46N10O. The number of nitrogens with one attached hydrogen (secondary N) is 5. The van der Waals surface area contributed by atoms with Gasteiger partial charge in [-0.05, 0) is 83.4 Å². The van der Waals surface area contributed by atoms with Crippen molar-refractivity contribution in [3.63, 3.8) is 0 Å². The number of hydrogen-bond acceptors (Lipinski definition) is 10. The smallest absolute Gasteiger partial charge is 0.225 e. The Kier molecular flexibility index (Phi) is 10.8. The zero-order chi connectivity index (χ0) is 27.4. The number of methoxy groups -OCH3 is 1. The summed E-state index contributed by atoms with van der Waals surface area (Å²) >= 11 is 0.